The van der Waals surface area contributed by atoms with Gasteiger partial charge in [0.25, 0.3) is 0 Å². The second-order valence-corrected chi connectivity index (χ2v) is 12.8. The van der Waals surface area contributed by atoms with Crippen LogP contribution < -0.4 is 0 Å². The molecule has 0 amide bonds. The SMILES string of the molecule is c1ccc(-c2nc(-c3ccccc3)nc(-c3ccc(-c4ccc(-c5cc(-c6ccccc6-c6ccccc6)cc(-c6ccccn6)n5)nc4)cc3)n2)cc1. The number of hydrogen-bond donors (Lipinski definition) is 0. The Balaban J connectivity index is 1.05. The number of pyridine rings is 3. The first kappa shape index (κ1) is 32.5. The first-order valence-electron chi connectivity index (χ1n) is 17.8. The maximum atomic E-state index is 5.06. The van der Waals surface area contributed by atoms with Crippen LogP contribution in [-0.2, 0) is 0 Å². The van der Waals surface area contributed by atoms with Crippen molar-refractivity contribution >= 4 is 0 Å². The molecule has 0 aliphatic rings. The second-order valence-electron chi connectivity index (χ2n) is 12.8. The third-order valence-corrected chi connectivity index (χ3v) is 9.28. The molecule has 9 rings (SSSR count). The van der Waals surface area contributed by atoms with Gasteiger partial charge in [-0.1, -0.05) is 152 Å². The van der Waals surface area contributed by atoms with Gasteiger partial charge in [0.1, 0.15) is 0 Å². The molecule has 0 saturated carbocycles. The van der Waals surface area contributed by atoms with Gasteiger partial charge in [-0.15, -0.1) is 0 Å². The first-order chi connectivity index (χ1) is 26.7. The average Bonchev–Trinajstić information content (AvgIpc) is 3.27. The lowest BCUT2D eigenvalue weighted by atomic mass is 9.93. The molecule has 0 unspecified atom stereocenters. The smallest absolute Gasteiger partial charge is 0.164 e. The van der Waals surface area contributed by atoms with Gasteiger partial charge >= 0.3 is 0 Å². The summed E-state index contributed by atoms with van der Waals surface area (Å²) in [7, 11) is 0. The van der Waals surface area contributed by atoms with E-state index in [2.05, 4.69) is 96.0 Å². The van der Waals surface area contributed by atoms with E-state index in [1.807, 2.05) is 97.2 Å². The molecule has 0 aliphatic heterocycles. The van der Waals surface area contributed by atoms with Gasteiger partial charge in [-0.3, -0.25) is 9.97 Å². The lowest BCUT2D eigenvalue weighted by Gasteiger charge is -2.13. The van der Waals surface area contributed by atoms with Gasteiger partial charge in [-0.25, -0.2) is 19.9 Å². The zero-order valence-electron chi connectivity index (χ0n) is 29.2. The Kier molecular flexibility index (Phi) is 8.81. The maximum Gasteiger partial charge on any atom is 0.164 e. The minimum Gasteiger partial charge on any atom is -0.255 e. The summed E-state index contributed by atoms with van der Waals surface area (Å²) in [4.78, 5) is 29.2. The minimum atomic E-state index is 0.617. The second kappa shape index (κ2) is 14.7. The predicted octanol–water partition coefficient (Wildman–Crippen LogP) is 11.4. The molecule has 6 heteroatoms. The zero-order valence-corrected chi connectivity index (χ0v) is 29.2. The fraction of sp³-hybridized carbons (Fsp3) is 0. The van der Waals surface area contributed by atoms with E-state index in [0.717, 1.165) is 72.8 Å². The molecular weight excluding hydrogens is 661 g/mol. The van der Waals surface area contributed by atoms with Crippen LogP contribution in [0, 0.1) is 0 Å². The molecule has 4 aromatic heterocycles. The summed E-state index contributed by atoms with van der Waals surface area (Å²) in [5.41, 5.74) is 12.4. The standard InChI is InChI=1S/C48H32N6/c1-4-14-34(15-5-1)40-20-10-11-21-41(40)39-30-44(42-22-12-13-29-49-42)51-45(31-39)43-28-27-38(32-50-43)33-23-25-37(26-24-33)48-53-46(35-16-6-2-7-17-35)52-47(54-48)36-18-8-3-9-19-36/h1-32H. The number of rotatable bonds is 8. The van der Waals surface area contributed by atoms with Crippen LogP contribution in [0.2, 0.25) is 0 Å². The highest BCUT2D eigenvalue weighted by molar-refractivity contribution is 5.86. The third-order valence-electron chi connectivity index (χ3n) is 9.28. The summed E-state index contributed by atoms with van der Waals surface area (Å²) < 4.78 is 0. The van der Waals surface area contributed by atoms with E-state index in [-0.39, 0.29) is 0 Å². The Hall–Kier alpha value is -7.44. The highest BCUT2D eigenvalue weighted by Gasteiger charge is 2.15. The van der Waals surface area contributed by atoms with Gasteiger partial charge in [0.05, 0.1) is 22.8 Å². The topological polar surface area (TPSA) is 77.3 Å². The van der Waals surface area contributed by atoms with Crippen LogP contribution in [0.25, 0.3) is 90.3 Å². The van der Waals surface area contributed by atoms with Crippen molar-refractivity contribution in [3.63, 3.8) is 0 Å². The van der Waals surface area contributed by atoms with Crippen molar-refractivity contribution in [1.29, 1.82) is 0 Å². The minimum absolute atomic E-state index is 0.617. The fourth-order valence-electron chi connectivity index (χ4n) is 6.53. The van der Waals surface area contributed by atoms with Crippen molar-refractivity contribution in [2.75, 3.05) is 0 Å². The number of benzene rings is 5. The van der Waals surface area contributed by atoms with Crippen LogP contribution in [-0.4, -0.2) is 29.9 Å². The average molecular weight is 693 g/mol. The van der Waals surface area contributed by atoms with Crippen molar-refractivity contribution in [2.24, 2.45) is 0 Å². The Labute approximate surface area is 313 Å². The lowest BCUT2D eigenvalue weighted by Crippen LogP contribution is -2.00. The molecular formula is C48H32N6. The zero-order chi connectivity index (χ0) is 36.1. The van der Waals surface area contributed by atoms with E-state index in [1.165, 1.54) is 0 Å². The molecule has 5 aromatic carbocycles. The quantitative estimate of drug-likeness (QED) is 0.158. The molecule has 9 aromatic rings. The third kappa shape index (κ3) is 6.79. The molecule has 0 N–H and O–H groups in total. The van der Waals surface area contributed by atoms with Gasteiger partial charge in [0, 0.05) is 34.6 Å². The van der Waals surface area contributed by atoms with Crippen molar-refractivity contribution in [1.82, 2.24) is 29.9 Å². The van der Waals surface area contributed by atoms with E-state index in [4.69, 9.17) is 24.9 Å². The van der Waals surface area contributed by atoms with Crippen LogP contribution in [0.5, 0.6) is 0 Å². The number of nitrogens with zero attached hydrogens (tertiary/aromatic N) is 6. The molecule has 0 fully saturated rings. The summed E-state index contributed by atoms with van der Waals surface area (Å²) in [5.74, 6) is 1.89. The highest BCUT2D eigenvalue weighted by atomic mass is 15.0. The normalized spacial score (nSPS) is 11.0. The number of hydrogen-bond acceptors (Lipinski definition) is 6. The highest BCUT2D eigenvalue weighted by Crippen LogP contribution is 2.36. The van der Waals surface area contributed by atoms with E-state index in [1.54, 1.807) is 6.20 Å². The number of aromatic nitrogens is 6. The van der Waals surface area contributed by atoms with E-state index < -0.39 is 0 Å². The molecule has 0 saturated heterocycles. The molecule has 0 radical (unpaired) electrons. The van der Waals surface area contributed by atoms with Gasteiger partial charge in [0.2, 0.25) is 0 Å². The molecule has 6 nitrogen and oxygen atoms in total. The van der Waals surface area contributed by atoms with Crippen LogP contribution in [0.4, 0.5) is 0 Å². The molecule has 4 heterocycles. The van der Waals surface area contributed by atoms with Crippen molar-refractivity contribution < 1.29 is 0 Å². The van der Waals surface area contributed by atoms with E-state index in [0.29, 0.717) is 17.5 Å². The largest absolute Gasteiger partial charge is 0.255 e. The molecule has 0 spiro atoms. The molecule has 0 atom stereocenters. The Morgan fingerprint density at radius 2 is 0.704 bits per heavy atom. The van der Waals surface area contributed by atoms with Gasteiger partial charge < -0.3 is 0 Å². The van der Waals surface area contributed by atoms with Crippen molar-refractivity contribution in [2.45, 2.75) is 0 Å². The van der Waals surface area contributed by atoms with Crippen LogP contribution in [0.1, 0.15) is 0 Å². The Morgan fingerprint density at radius 3 is 1.22 bits per heavy atom. The van der Waals surface area contributed by atoms with E-state index in [9.17, 15) is 0 Å². The molecule has 0 bridgehead atoms. The van der Waals surface area contributed by atoms with Crippen LogP contribution >= 0.6 is 0 Å². The van der Waals surface area contributed by atoms with Gasteiger partial charge in [-0.2, -0.15) is 0 Å². The summed E-state index contributed by atoms with van der Waals surface area (Å²) >= 11 is 0. The van der Waals surface area contributed by atoms with Crippen molar-refractivity contribution in [3.05, 3.63) is 194 Å². The van der Waals surface area contributed by atoms with Crippen molar-refractivity contribution in [3.8, 4) is 90.3 Å². The van der Waals surface area contributed by atoms with Crippen LogP contribution in [0.3, 0.4) is 0 Å². The summed E-state index contributed by atoms with van der Waals surface area (Å²) in [5, 5.41) is 0. The Morgan fingerprint density at radius 1 is 0.259 bits per heavy atom. The van der Waals surface area contributed by atoms with Gasteiger partial charge in [-0.05, 0) is 58.1 Å². The molecule has 254 valence electrons. The maximum absolute atomic E-state index is 5.06. The van der Waals surface area contributed by atoms with Gasteiger partial charge in [0.15, 0.2) is 17.5 Å². The summed E-state index contributed by atoms with van der Waals surface area (Å²) in [6.45, 7) is 0. The predicted molar refractivity (Wildman–Crippen MR) is 217 cm³/mol. The summed E-state index contributed by atoms with van der Waals surface area (Å²) in [6.07, 6.45) is 3.70. The van der Waals surface area contributed by atoms with Crippen LogP contribution in [0.15, 0.2) is 194 Å². The summed E-state index contributed by atoms with van der Waals surface area (Å²) in [6, 6.07) is 61.5. The van der Waals surface area contributed by atoms with E-state index >= 15 is 0 Å². The molecule has 0 aliphatic carbocycles. The first-order valence-corrected chi connectivity index (χ1v) is 17.8. The fourth-order valence-corrected chi connectivity index (χ4v) is 6.53. The lowest BCUT2D eigenvalue weighted by molar-refractivity contribution is 1.07. The Bertz CT molecular complexity index is 2610. The monoisotopic (exact) mass is 692 g/mol. The molecule has 54 heavy (non-hydrogen) atoms.